The van der Waals surface area contributed by atoms with E-state index in [4.69, 9.17) is 0 Å². The highest BCUT2D eigenvalue weighted by molar-refractivity contribution is 7.13. The Labute approximate surface area is 115 Å². The van der Waals surface area contributed by atoms with Crippen molar-refractivity contribution in [2.75, 3.05) is 0 Å². The Hall–Kier alpha value is -1.69. The normalized spacial score (nSPS) is 15.3. The summed E-state index contributed by atoms with van der Waals surface area (Å²) in [5.41, 5.74) is 0. The second-order valence-electron chi connectivity index (χ2n) is 4.84. The first-order valence-electron chi connectivity index (χ1n) is 6.44. The maximum Gasteiger partial charge on any atom is 0.261 e. The van der Waals surface area contributed by atoms with Gasteiger partial charge in [-0.2, -0.15) is 0 Å². The standard InChI is InChI=1S/C13H16N4OS/c1-8-5-6-10(19-8)13(18)14-9(2)12-16-15-11-4-3-7-17(11)12/h5-6,9H,3-4,7H2,1-2H3,(H,14,18)/t9-/m1/s1. The van der Waals surface area contributed by atoms with Gasteiger partial charge < -0.3 is 9.88 Å². The largest absolute Gasteiger partial charge is 0.342 e. The van der Waals surface area contributed by atoms with Gasteiger partial charge in [0.05, 0.1) is 10.9 Å². The van der Waals surface area contributed by atoms with Crippen LogP contribution < -0.4 is 5.32 Å². The van der Waals surface area contributed by atoms with Crippen LogP contribution in [0.3, 0.4) is 0 Å². The number of carbonyl (C=O) groups is 1. The third-order valence-electron chi connectivity index (χ3n) is 3.34. The van der Waals surface area contributed by atoms with E-state index >= 15 is 0 Å². The SMILES string of the molecule is Cc1ccc(C(=O)N[C@H](C)c2nnc3n2CCC3)s1. The van der Waals surface area contributed by atoms with Crippen molar-refractivity contribution in [2.24, 2.45) is 0 Å². The minimum atomic E-state index is -0.116. The van der Waals surface area contributed by atoms with Gasteiger partial charge in [0.2, 0.25) is 0 Å². The summed E-state index contributed by atoms with van der Waals surface area (Å²) in [5.74, 6) is 1.85. The van der Waals surface area contributed by atoms with Crippen molar-refractivity contribution in [3.63, 3.8) is 0 Å². The van der Waals surface area contributed by atoms with Crippen molar-refractivity contribution in [1.29, 1.82) is 0 Å². The Morgan fingerprint density at radius 1 is 1.47 bits per heavy atom. The molecular formula is C13H16N4OS. The molecule has 1 atom stereocenters. The number of amides is 1. The lowest BCUT2D eigenvalue weighted by atomic mass is 10.3. The molecule has 0 aromatic carbocycles. The first kappa shape index (κ1) is 12.3. The molecule has 1 aliphatic rings. The highest BCUT2D eigenvalue weighted by Crippen LogP contribution is 2.20. The van der Waals surface area contributed by atoms with Gasteiger partial charge in [-0.25, -0.2) is 0 Å². The van der Waals surface area contributed by atoms with Crippen LogP contribution in [0.4, 0.5) is 0 Å². The smallest absolute Gasteiger partial charge is 0.261 e. The predicted molar refractivity (Wildman–Crippen MR) is 73.3 cm³/mol. The topological polar surface area (TPSA) is 59.8 Å². The maximum atomic E-state index is 12.1. The van der Waals surface area contributed by atoms with Gasteiger partial charge in [0.15, 0.2) is 5.82 Å². The summed E-state index contributed by atoms with van der Waals surface area (Å²) in [6.07, 6.45) is 2.10. The monoisotopic (exact) mass is 276 g/mol. The minimum absolute atomic E-state index is 0.0408. The summed E-state index contributed by atoms with van der Waals surface area (Å²) in [6.45, 7) is 4.90. The van der Waals surface area contributed by atoms with Gasteiger partial charge in [0.25, 0.3) is 5.91 Å². The third-order valence-corrected chi connectivity index (χ3v) is 4.34. The number of thiophene rings is 1. The summed E-state index contributed by atoms with van der Waals surface area (Å²) in [5, 5.41) is 11.3. The van der Waals surface area contributed by atoms with Gasteiger partial charge in [0, 0.05) is 17.8 Å². The van der Waals surface area contributed by atoms with E-state index < -0.39 is 0 Å². The van der Waals surface area contributed by atoms with Gasteiger partial charge in [-0.05, 0) is 32.4 Å². The molecule has 2 aromatic heterocycles. The van der Waals surface area contributed by atoms with Crippen LogP contribution in [0.2, 0.25) is 0 Å². The van der Waals surface area contributed by atoms with Gasteiger partial charge in [-0.3, -0.25) is 4.79 Å². The van der Waals surface area contributed by atoms with E-state index in [0.717, 1.165) is 40.8 Å². The number of rotatable bonds is 3. The van der Waals surface area contributed by atoms with Crippen molar-refractivity contribution in [1.82, 2.24) is 20.1 Å². The summed E-state index contributed by atoms with van der Waals surface area (Å²) in [6, 6.07) is 3.70. The number of aryl methyl sites for hydroxylation is 2. The van der Waals surface area contributed by atoms with E-state index in [1.807, 2.05) is 26.0 Å². The average Bonchev–Trinajstić information content (AvgIpc) is 3.02. The summed E-state index contributed by atoms with van der Waals surface area (Å²) >= 11 is 1.51. The molecule has 0 saturated carbocycles. The van der Waals surface area contributed by atoms with Crippen molar-refractivity contribution in [3.8, 4) is 0 Å². The average molecular weight is 276 g/mol. The minimum Gasteiger partial charge on any atom is -0.342 e. The summed E-state index contributed by atoms with van der Waals surface area (Å²) < 4.78 is 2.12. The van der Waals surface area contributed by atoms with Crippen molar-refractivity contribution >= 4 is 17.2 Å². The molecule has 0 aliphatic carbocycles. The zero-order valence-electron chi connectivity index (χ0n) is 11.0. The highest BCUT2D eigenvalue weighted by Gasteiger charge is 2.22. The predicted octanol–water partition coefficient (Wildman–Crippen LogP) is 2.09. The second-order valence-corrected chi connectivity index (χ2v) is 6.12. The van der Waals surface area contributed by atoms with Crippen LogP contribution in [0.25, 0.3) is 0 Å². The van der Waals surface area contributed by atoms with E-state index in [9.17, 15) is 4.79 Å². The van der Waals surface area contributed by atoms with E-state index in [-0.39, 0.29) is 11.9 Å². The first-order chi connectivity index (χ1) is 9.15. The Morgan fingerprint density at radius 3 is 3.05 bits per heavy atom. The van der Waals surface area contributed by atoms with Crippen LogP contribution in [0, 0.1) is 6.92 Å². The van der Waals surface area contributed by atoms with Crippen LogP contribution in [0.15, 0.2) is 12.1 Å². The fraction of sp³-hybridized carbons (Fsp3) is 0.462. The number of aromatic nitrogens is 3. The lowest BCUT2D eigenvalue weighted by molar-refractivity contribution is 0.0941. The molecule has 19 heavy (non-hydrogen) atoms. The molecule has 0 saturated heterocycles. The molecule has 0 unspecified atom stereocenters. The zero-order chi connectivity index (χ0) is 13.4. The molecule has 3 heterocycles. The van der Waals surface area contributed by atoms with Crippen LogP contribution in [0.1, 0.15) is 45.6 Å². The number of nitrogens with one attached hydrogen (secondary N) is 1. The molecule has 100 valence electrons. The quantitative estimate of drug-likeness (QED) is 0.933. The molecule has 2 aromatic rings. The fourth-order valence-corrected chi connectivity index (χ4v) is 3.15. The van der Waals surface area contributed by atoms with Crippen molar-refractivity contribution in [3.05, 3.63) is 33.5 Å². The lowest BCUT2D eigenvalue weighted by Gasteiger charge is -2.13. The van der Waals surface area contributed by atoms with Crippen LogP contribution in [0.5, 0.6) is 0 Å². The van der Waals surface area contributed by atoms with E-state index in [2.05, 4.69) is 20.1 Å². The molecule has 0 fully saturated rings. The van der Waals surface area contributed by atoms with Gasteiger partial charge >= 0.3 is 0 Å². The molecule has 0 radical (unpaired) electrons. The van der Waals surface area contributed by atoms with Crippen LogP contribution in [-0.4, -0.2) is 20.7 Å². The molecule has 3 rings (SSSR count). The Morgan fingerprint density at radius 2 is 2.32 bits per heavy atom. The molecular weight excluding hydrogens is 260 g/mol. The van der Waals surface area contributed by atoms with Crippen LogP contribution >= 0.6 is 11.3 Å². The van der Waals surface area contributed by atoms with E-state index in [0.29, 0.717) is 0 Å². The van der Waals surface area contributed by atoms with Gasteiger partial charge in [0.1, 0.15) is 5.82 Å². The Kier molecular flexibility index (Phi) is 3.10. The Bertz CT molecular complexity index is 616. The molecule has 6 heteroatoms. The number of carbonyl (C=O) groups excluding carboxylic acids is 1. The molecule has 1 aliphatic heterocycles. The van der Waals surface area contributed by atoms with E-state index in [1.54, 1.807) is 0 Å². The fourth-order valence-electron chi connectivity index (χ4n) is 2.38. The van der Waals surface area contributed by atoms with Crippen LogP contribution in [-0.2, 0) is 13.0 Å². The Balaban J connectivity index is 1.74. The second kappa shape index (κ2) is 4.77. The highest BCUT2D eigenvalue weighted by atomic mass is 32.1. The molecule has 0 bridgehead atoms. The third kappa shape index (κ3) is 2.28. The van der Waals surface area contributed by atoms with Gasteiger partial charge in [-0.15, -0.1) is 21.5 Å². The zero-order valence-corrected chi connectivity index (χ0v) is 11.8. The molecule has 5 nitrogen and oxygen atoms in total. The summed E-state index contributed by atoms with van der Waals surface area (Å²) in [4.78, 5) is 14.0. The van der Waals surface area contributed by atoms with Crippen molar-refractivity contribution < 1.29 is 4.79 Å². The number of fused-ring (bicyclic) bond motifs is 1. The molecule has 0 spiro atoms. The molecule has 1 N–H and O–H groups in total. The maximum absolute atomic E-state index is 12.1. The van der Waals surface area contributed by atoms with Gasteiger partial charge in [-0.1, -0.05) is 0 Å². The first-order valence-corrected chi connectivity index (χ1v) is 7.26. The number of hydrogen-bond donors (Lipinski definition) is 1. The number of hydrogen-bond acceptors (Lipinski definition) is 4. The number of nitrogens with zero attached hydrogens (tertiary/aromatic N) is 3. The molecule has 1 amide bonds. The lowest BCUT2D eigenvalue weighted by Crippen LogP contribution is -2.28. The summed E-state index contributed by atoms with van der Waals surface area (Å²) in [7, 11) is 0. The van der Waals surface area contributed by atoms with E-state index in [1.165, 1.54) is 11.3 Å². The van der Waals surface area contributed by atoms with Crippen molar-refractivity contribution in [2.45, 2.75) is 39.3 Å².